The Hall–Kier alpha value is -1.53. The van der Waals surface area contributed by atoms with E-state index in [0.717, 1.165) is 25.7 Å². The molecule has 0 spiro atoms. The summed E-state index contributed by atoms with van der Waals surface area (Å²) >= 11 is -0.891. The summed E-state index contributed by atoms with van der Waals surface area (Å²) in [6.07, 6.45) is 10.6. The van der Waals surface area contributed by atoms with E-state index in [1.165, 1.54) is 11.6 Å². The second-order valence-corrected chi connectivity index (χ2v) is 11.7. The molecular formula is C25H37NO4S. The van der Waals surface area contributed by atoms with Gasteiger partial charge in [0.05, 0.1) is 12.0 Å². The normalized spacial score (nSPS) is 34.8. The molecule has 3 aliphatic carbocycles. The van der Waals surface area contributed by atoms with E-state index >= 15 is 0 Å². The van der Waals surface area contributed by atoms with Crippen molar-refractivity contribution in [2.24, 2.45) is 22.7 Å². The molecule has 0 amide bonds. The predicted molar refractivity (Wildman–Crippen MR) is 125 cm³/mol. The van der Waals surface area contributed by atoms with Gasteiger partial charge in [0.2, 0.25) is 11.6 Å². The van der Waals surface area contributed by atoms with Gasteiger partial charge in [-0.15, -0.1) is 0 Å². The first-order valence-electron chi connectivity index (χ1n) is 11.4. The summed E-state index contributed by atoms with van der Waals surface area (Å²) < 4.78 is 11.3. The predicted octanol–water partition coefficient (Wildman–Crippen LogP) is 4.38. The molecule has 5 nitrogen and oxygen atoms in total. The molecular weight excluding hydrogens is 410 g/mol. The van der Waals surface area contributed by atoms with Gasteiger partial charge < -0.3 is 15.0 Å². The average molecular weight is 448 g/mol. The Kier molecular flexibility index (Phi) is 7.11. The summed E-state index contributed by atoms with van der Waals surface area (Å²) in [7, 11) is 0. The first-order chi connectivity index (χ1) is 14.5. The Bertz CT molecular complexity index is 842. The third kappa shape index (κ3) is 4.51. The molecule has 0 heterocycles. The van der Waals surface area contributed by atoms with Gasteiger partial charge in [-0.2, -0.15) is 0 Å². The molecule has 1 fully saturated rings. The van der Waals surface area contributed by atoms with Gasteiger partial charge in [-0.25, -0.2) is 0 Å². The lowest BCUT2D eigenvalue weighted by atomic mass is 9.46. The third-order valence-corrected chi connectivity index (χ3v) is 9.25. The van der Waals surface area contributed by atoms with Gasteiger partial charge in [0, 0.05) is 24.6 Å². The van der Waals surface area contributed by atoms with E-state index in [1.807, 2.05) is 0 Å². The molecule has 1 unspecified atom stereocenters. The number of hydrogen-bond donors (Lipinski definition) is 2. The average Bonchev–Trinajstić information content (AvgIpc) is 2.71. The van der Waals surface area contributed by atoms with E-state index in [2.05, 4.69) is 39.1 Å². The SMILES string of the molecule is CC1=CCC[C@H]2[C@](C)(CC3=C(O)C(=O)C=C(NCCC[S+](C)[O-])C3=O)[C@@H](C)CC[C@]12C. The zero-order valence-corrected chi connectivity index (χ0v) is 20.4. The maximum Gasteiger partial charge on any atom is 0.222 e. The van der Waals surface area contributed by atoms with Gasteiger partial charge in [-0.05, 0) is 61.7 Å². The molecule has 0 saturated heterocycles. The van der Waals surface area contributed by atoms with Gasteiger partial charge in [-0.1, -0.05) is 43.6 Å². The van der Waals surface area contributed by atoms with Crippen LogP contribution in [-0.2, 0) is 20.8 Å². The molecule has 0 aromatic rings. The zero-order chi connectivity index (χ0) is 23.0. The molecule has 31 heavy (non-hydrogen) atoms. The summed E-state index contributed by atoms with van der Waals surface area (Å²) in [6, 6.07) is 0. The van der Waals surface area contributed by atoms with Crippen molar-refractivity contribution in [2.45, 2.75) is 66.2 Å². The summed E-state index contributed by atoms with van der Waals surface area (Å²) in [4.78, 5) is 25.8. The Labute approximate surface area is 189 Å². The number of aliphatic hydroxyl groups excluding tert-OH is 1. The fraction of sp³-hybridized carbons (Fsp3) is 0.680. The van der Waals surface area contributed by atoms with Crippen molar-refractivity contribution >= 4 is 22.7 Å². The van der Waals surface area contributed by atoms with E-state index in [-0.39, 0.29) is 27.9 Å². The smallest absolute Gasteiger partial charge is 0.222 e. The Morgan fingerprint density at radius 2 is 2.00 bits per heavy atom. The Balaban J connectivity index is 1.84. The highest BCUT2D eigenvalue weighted by Crippen LogP contribution is 2.62. The van der Waals surface area contributed by atoms with Crippen molar-refractivity contribution in [3.63, 3.8) is 0 Å². The maximum atomic E-state index is 13.3. The van der Waals surface area contributed by atoms with Crippen LogP contribution < -0.4 is 5.32 Å². The van der Waals surface area contributed by atoms with Crippen LogP contribution in [0.5, 0.6) is 0 Å². The van der Waals surface area contributed by atoms with Crippen LogP contribution in [0.4, 0.5) is 0 Å². The first kappa shape index (κ1) is 24.1. The van der Waals surface area contributed by atoms with E-state index in [9.17, 15) is 19.2 Å². The molecule has 172 valence electrons. The van der Waals surface area contributed by atoms with Crippen LogP contribution in [0.25, 0.3) is 0 Å². The van der Waals surface area contributed by atoms with Crippen LogP contribution in [0, 0.1) is 22.7 Å². The van der Waals surface area contributed by atoms with Gasteiger partial charge in [0.1, 0.15) is 5.75 Å². The lowest BCUT2D eigenvalue weighted by Crippen LogP contribution is -2.50. The second-order valence-electron chi connectivity index (χ2n) is 10.2. The lowest BCUT2D eigenvalue weighted by molar-refractivity contribution is -0.118. The van der Waals surface area contributed by atoms with E-state index in [0.29, 0.717) is 37.0 Å². The lowest BCUT2D eigenvalue weighted by Gasteiger charge is -2.58. The second kappa shape index (κ2) is 9.14. The van der Waals surface area contributed by atoms with Crippen LogP contribution in [0.1, 0.15) is 66.2 Å². The number of carbonyl (C=O) groups is 2. The molecule has 6 heteroatoms. The van der Waals surface area contributed by atoms with E-state index in [1.54, 1.807) is 6.26 Å². The van der Waals surface area contributed by atoms with Gasteiger partial charge in [-0.3, -0.25) is 9.59 Å². The van der Waals surface area contributed by atoms with E-state index < -0.39 is 22.7 Å². The molecule has 0 aromatic heterocycles. The van der Waals surface area contributed by atoms with Crippen LogP contribution >= 0.6 is 0 Å². The van der Waals surface area contributed by atoms with Crippen molar-refractivity contribution in [2.75, 3.05) is 18.6 Å². The highest BCUT2D eigenvalue weighted by atomic mass is 32.2. The minimum absolute atomic E-state index is 0.101. The Morgan fingerprint density at radius 3 is 2.68 bits per heavy atom. The minimum Gasteiger partial charge on any atom is -0.617 e. The summed E-state index contributed by atoms with van der Waals surface area (Å²) in [6.45, 7) is 9.54. The number of aliphatic hydroxyl groups is 1. The van der Waals surface area contributed by atoms with E-state index in [4.69, 9.17) is 0 Å². The van der Waals surface area contributed by atoms with Crippen LogP contribution in [0.2, 0.25) is 0 Å². The first-order valence-corrected chi connectivity index (χ1v) is 13.2. The maximum absolute atomic E-state index is 13.3. The molecule has 0 aliphatic heterocycles. The molecule has 5 atom stereocenters. The zero-order valence-electron chi connectivity index (χ0n) is 19.5. The molecule has 0 radical (unpaired) electrons. The highest BCUT2D eigenvalue weighted by molar-refractivity contribution is 7.90. The topological polar surface area (TPSA) is 89.5 Å². The fourth-order valence-electron chi connectivity index (χ4n) is 6.07. The molecule has 0 bridgehead atoms. The molecule has 3 aliphatic rings. The van der Waals surface area contributed by atoms with Gasteiger partial charge in [0.25, 0.3) is 0 Å². The monoisotopic (exact) mass is 447 g/mol. The van der Waals surface area contributed by atoms with Crippen LogP contribution in [0.3, 0.4) is 0 Å². The summed E-state index contributed by atoms with van der Waals surface area (Å²) in [5.74, 6) is 0.150. The number of Topliss-reactive ketones (excluding diaryl/α,β-unsaturated/α-hetero) is 1. The largest absolute Gasteiger partial charge is 0.617 e. The molecule has 1 saturated carbocycles. The number of allylic oxidation sites excluding steroid dienone is 4. The van der Waals surface area contributed by atoms with Crippen LogP contribution in [0.15, 0.2) is 34.8 Å². The quantitative estimate of drug-likeness (QED) is 0.262. The number of hydrogen-bond acceptors (Lipinski definition) is 5. The van der Waals surface area contributed by atoms with Gasteiger partial charge >= 0.3 is 0 Å². The third-order valence-electron chi connectivity index (χ3n) is 8.39. The standard InChI is InChI=1S/C25H37NO4S/c1-16-8-6-9-21-24(16,3)11-10-17(2)25(21,4)15-18-22(28)19(14-20(27)23(18)29)26-12-7-13-31(5)30/h8,14,17,21,26,29H,6-7,9-13,15H2,1-5H3/t17-,21+,24+,25+,31?/m0/s1. The van der Waals surface area contributed by atoms with Gasteiger partial charge in [0.15, 0.2) is 5.76 Å². The number of ketones is 2. The molecule has 2 N–H and O–H groups in total. The van der Waals surface area contributed by atoms with Crippen LogP contribution in [-0.4, -0.2) is 39.8 Å². The van der Waals surface area contributed by atoms with Crippen molar-refractivity contribution in [1.29, 1.82) is 0 Å². The minimum atomic E-state index is -0.891. The van der Waals surface area contributed by atoms with Crippen molar-refractivity contribution in [3.05, 3.63) is 34.8 Å². The van der Waals surface area contributed by atoms with Crippen molar-refractivity contribution in [1.82, 2.24) is 5.32 Å². The van der Waals surface area contributed by atoms with Crippen molar-refractivity contribution < 1.29 is 19.2 Å². The summed E-state index contributed by atoms with van der Waals surface area (Å²) in [5.41, 5.74) is 1.85. The number of nitrogens with one attached hydrogen (secondary N) is 1. The van der Waals surface area contributed by atoms with Crippen molar-refractivity contribution in [3.8, 4) is 0 Å². The Morgan fingerprint density at radius 1 is 1.29 bits per heavy atom. The number of carbonyl (C=O) groups excluding carboxylic acids is 2. The summed E-state index contributed by atoms with van der Waals surface area (Å²) in [5, 5.41) is 13.6. The molecule has 0 aromatic carbocycles. The molecule has 3 rings (SSSR count). The highest BCUT2D eigenvalue weighted by Gasteiger charge is 2.54. The fourth-order valence-corrected chi connectivity index (χ4v) is 6.62. The number of rotatable bonds is 7. The number of fused-ring (bicyclic) bond motifs is 1.